The van der Waals surface area contributed by atoms with Gasteiger partial charge < -0.3 is 29.1 Å². The molecule has 0 radical (unpaired) electrons. The van der Waals surface area contributed by atoms with Crippen LogP contribution in [-0.4, -0.2) is 23.4 Å². The summed E-state index contributed by atoms with van der Waals surface area (Å²) in [7, 11) is -3.86. The minimum Gasteiger partial charge on any atom is -0.453 e. The molecule has 11 nitrogen and oxygen atoms in total. The molecule has 0 saturated heterocycles. The molecule has 566 valence electrons. The van der Waals surface area contributed by atoms with Crippen molar-refractivity contribution in [2.45, 2.75) is 67.6 Å². The van der Waals surface area contributed by atoms with Gasteiger partial charge in [0.1, 0.15) is 0 Å². The Hall–Kier alpha value is -14.5. The molecule has 0 atom stereocenters. The van der Waals surface area contributed by atoms with Crippen molar-refractivity contribution in [1.29, 1.82) is 0 Å². The van der Waals surface area contributed by atoms with Crippen molar-refractivity contribution in [3.8, 4) is 57.2 Å². The van der Waals surface area contributed by atoms with Crippen molar-refractivity contribution >= 4 is 121 Å². The first kappa shape index (κ1) is 70.2. The molecule has 17 aromatic carbocycles. The van der Waals surface area contributed by atoms with Gasteiger partial charge in [0.15, 0.2) is 40.5 Å². The van der Waals surface area contributed by atoms with Gasteiger partial charge in [-0.25, -0.2) is 23.4 Å². The van der Waals surface area contributed by atoms with Crippen LogP contribution < -0.4 is 29.1 Å². The molecular formula is C106H77N7O4S. The summed E-state index contributed by atoms with van der Waals surface area (Å²) in [5.41, 5.74) is 19.7. The number of nitrogens with zero attached hydrogens (tertiary/aromatic N) is 7. The van der Waals surface area contributed by atoms with E-state index in [1.807, 2.05) is 103 Å². The zero-order valence-electron chi connectivity index (χ0n) is 65.7. The summed E-state index contributed by atoms with van der Waals surface area (Å²) in [5, 5.41) is 8.99. The lowest BCUT2D eigenvalue weighted by atomic mass is 9.72. The second-order valence-corrected chi connectivity index (χ2v) is 34.5. The molecule has 0 spiro atoms. The number of hydrogen-bond donors (Lipinski definition) is 0. The van der Waals surface area contributed by atoms with Crippen LogP contribution in [0.4, 0.5) is 68.2 Å². The maximum absolute atomic E-state index is 14.7. The molecular weight excluding hydrogens is 1470 g/mol. The van der Waals surface area contributed by atoms with E-state index in [1.54, 1.807) is 6.07 Å². The quantitative estimate of drug-likeness (QED) is 0.152. The van der Waals surface area contributed by atoms with Gasteiger partial charge in [0.2, 0.25) is 9.84 Å². The molecule has 0 N–H and O–H groups in total. The highest BCUT2D eigenvalue weighted by atomic mass is 32.2. The Morgan fingerprint density at radius 2 is 0.585 bits per heavy atom. The molecule has 0 amide bonds. The van der Waals surface area contributed by atoms with Crippen molar-refractivity contribution in [1.82, 2.24) is 15.0 Å². The largest absolute Gasteiger partial charge is 0.453 e. The van der Waals surface area contributed by atoms with E-state index >= 15 is 0 Å². The summed E-state index contributed by atoms with van der Waals surface area (Å²) in [6, 6.07) is 124. The lowest BCUT2D eigenvalue weighted by molar-refractivity contribution is 0.477. The zero-order valence-corrected chi connectivity index (χ0v) is 66.6. The highest BCUT2D eigenvalue weighted by molar-refractivity contribution is 7.91. The Morgan fingerprint density at radius 3 is 1.06 bits per heavy atom. The number of hydrogen-bond acceptors (Lipinski definition) is 11. The molecule has 0 bridgehead atoms. The van der Waals surface area contributed by atoms with E-state index in [9.17, 15) is 8.42 Å². The number of anilines is 12. The fourth-order valence-corrected chi connectivity index (χ4v) is 21.0. The maximum Gasteiger partial charge on any atom is 0.207 e. The minimum atomic E-state index is -3.86. The fourth-order valence-electron chi connectivity index (χ4n) is 19.1. The number of rotatable bonds is 7. The average molecular weight is 1540 g/mol. The molecule has 0 unspecified atom stereocenters. The van der Waals surface area contributed by atoms with Crippen molar-refractivity contribution < 1.29 is 17.9 Å². The van der Waals surface area contributed by atoms with Crippen molar-refractivity contribution in [3.63, 3.8) is 0 Å². The minimum absolute atomic E-state index is 0.249. The van der Waals surface area contributed by atoms with Crippen molar-refractivity contribution in [2.75, 3.05) is 19.6 Å². The molecule has 5 aliphatic heterocycles. The highest BCUT2D eigenvalue weighted by Gasteiger charge is 2.46. The zero-order chi connectivity index (χ0) is 79.5. The highest BCUT2D eigenvalue weighted by Crippen LogP contribution is 2.63. The Kier molecular flexibility index (Phi) is 15.8. The van der Waals surface area contributed by atoms with Crippen LogP contribution >= 0.6 is 0 Å². The average Bonchev–Trinajstić information content (AvgIpc) is 0.706. The summed E-state index contributed by atoms with van der Waals surface area (Å²) in [5.74, 6) is 4.76. The number of para-hydroxylation sites is 6. The van der Waals surface area contributed by atoms with Crippen molar-refractivity contribution in [2.24, 2.45) is 0 Å². The van der Waals surface area contributed by atoms with Crippen LogP contribution in [0.25, 0.3) is 77.3 Å². The molecule has 18 aromatic rings. The number of ether oxygens (including phenoxy) is 2. The molecule has 0 saturated carbocycles. The van der Waals surface area contributed by atoms with Crippen LogP contribution in [-0.2, 0) is 26.1 Å². The Morgan fingerprint density at radius 1 is 0.254 bits per heavy atom. The number of sulfone groups is 1. The van der Waals surface area contributed by atoms with Crippen LogP contribution in [0.5, 0.6) is 23.0 Å². The third-order valence-electron chi connectivity index (χ3n) is 24.9. The van der Waals surface area contributed by atoms with Gasteiger partial charge in [0, 0.05) is 60.3 Å². The van der Waals surface area contributed by atoms with Gasteiger partial charge in [0.05, 0.1) is 72.2 Å². The first-order valence-electron chi connectivity index (χ1n) is 40.1. The molecule has 1 aromatic heterocycles. The smallest absolute Gasteiger partial charge is 0.207 e. The van der Waals surface area contributed by atoms with Gasteiger partial charge in [0.25, 0.3) is 0 Å². The number of fused-ring (bicyclic) bond motifs is 18. The lowest BCUT2D eigenvalue weighted by Crippen LogP contribution is -2.32. The topological polar surface area (TPSA) is 104 Å². The molecule has 0 aliphatic carbocycles. The van der Waals surface area contributed by atoms with E-state index in [4.69, 9.17) is 24.4 Å². The summed E-state index contributed by atoms with van der Waals surface area (Å²) in [6.45, 7) is 13.6. The molecule has 23 rings (SSSR count). The van der Waals surface area contributed by atoms with Crippen LogP contribution in [0.15, 0.2) is 368 Å². The maximum atomic E-state index is 14.7. The van der Waals surface area contributed by atoms with E-state index in [2.05, 4.69) is 310 Å². The summed E-state index contributed by atoms with van der Waals surface area (Å²) in [6.07, 6.45) is 0. The van der Waals surface area contributed by atoms with Gasteiger partial charge >= 0.3 is 0 Å². The van der Waals surface area contributed by atoms with Gasteiger partial charge in [-0.2, -0.15) is 0 Å². The van der Waals surface area contributed by atoms with E-state index in [0.29, 0.717) is 27.3 Å². The van der Waals surface area contributed by atoms with E-state index in [0.717, 1.165) is 151 Å². The molecule has 118 heavy (non-hydrogen) atoms. The Balaban J connectivity index is 0.000000143. The summed E-state index contributed by atoms with van der Waals surface area (Å²) < 4.78 is 42.7. The predicted molar refractivity (Wildman–Crippen MR) is 480 cm³/mol. The molecule has 12 heteroatoms. The summed E-state index contributed by atoms with van der Waals surface area (Å²) in [4.78, 5) is 26.2. The summed E-state index contributed by atoms with van der Waals surface area (Å²) >= 11 is 0. The normalized spacial score (nSPS) is 14.9. The number of benzene rings is 17. The third kappa shape index (κ3) is 10.7. The fraction of sp³-hybridized carbons (Fsp3) is 0.0849. The SMILES string of the molecule is CC1(C)c2cc(N3c4ccccc4Oc4ccc5ccccc5c43)ccc2S(=O)(=O)c2ccc(N3c4ccccc4C(C)(C)c4ccc5ccccc5c43)cc21.CC1(C)c2ccccc2N(c2cccc(N3c4ccccc4Oc4ccc5ccccc5c43)c2-c2nc(-c3ccccc3)nc(-c3ccccc3)n2)c2c1ccc1ccccc21. The molecule has 0 fully saturated rings. The first-order chi connectivity index (χ1) is 57.6. The van der Waals surface area contributed by atoms with Crippen LogP contribution in [0, 0.1) is 0 Å². The molecule has 5 aliphatic rings. The van der Waals surface area contributed by atoms with Gasteiger partial charge in [-0.1, -0.05) is 302 Å². The first-order valence-corrected chi connectivity index (χ1v) is 41.6. The molecule has 6 heterocycles. The third-order valence-corrected chi connectivity index (χ3v) is 26.7. The van der Waals surface area contributed by atoms with Crippen LogP contribution in [0.3, 0.4) is 0 Å². The van der Waals surface area contributed by atoms with Crippen LogP contribution in [0.2, 0.25) is 0 Å². The van der Waals surface area contributed by atoms with Gasteiger partial charge in [-0.3, -0.25) is 0 Å². The van der Waals surface area contributed by atoms with Crippen LogP contribution in [0.1, 0.15) is 74.9 Å². The van der Waals surface area contributed by atoms with E-state index < -0.39 is 15.3 Å². The van der Waals surface area contributed by atoms with Gasteiger partial charge in [-0.05, 0) is 152 Å². The Labute approximate surface area is 685 Å². The van der Waals surface area contributed by atoms with Gasteiger partial charge in [-0.15, -0.1) is 0 Å². The van der Waals surface area contributed by atoms with E-state index in [-0.39, 0.29) is 10.8 Å². The lowest BCUT2D eigenvalue weighted by Gasteiger charge is -2.43. The number of aromatic nitrogens is 3. The predicted octanol–water partition coefficient (Wildman–Crippen LogP) is 28.0. The second-order valence-electron chi connectivity index (χ2n) is 32.6. The van der Waals surface area contributed by atoms with E-state index in [1.165, 1.54) is 33.0 Å². The standard InChI is InChI=1S/C56H39N5O.C50H38N2O3S/c1-56(2)42-26-13-14-27-44(42)60(51-40-24-11-9-18-36(40)32-34-43(51)56)46-29-17-30-47(61-45-28-15-16-31-48(45)62-49-35-33-37-19-10-12-25-41(37)52(49)61)50(46)55-58-53(38-20-5-3-6-21-38)57-54(59-55)39-22-7-4-8-23-39;1-49(2)37-17-9-10-18-41(37)51(47-35-15-7-5-13-31(35)21-25-38(47)49)33-23-27-45-39(29-33)50(3,4)40-30-34(24-28-46(40)56(45,53)54)52-42-19-11-12-20-43(42)55-44-26-22-32-14-6-8-16-36(32)48(44)52/h3-35H,1-2H3;5-30H,1-4H3. The Bertz CT molecular complexity index is 7310. The van der Waals surface area contributed by atoms with Crippen molar-refractivity contribution in [3.05, 3.63) is 391 Å². The monoisotopic (exact) mass is 1540 g/mol. The second kappa shape index (κ2) is 26.6.